The Kier molecular flexibility index (Phi) is 3.85. The molecular formula is C10H15NO4. The third-order valence-corrected chi connectivity index (χ3v) is 2.51. The van der Waals surface area contributed by atoms with Crippen LogP contribution in [0, 0.1) is 5.92 Å². The molecule has 0 radical (unpaired) electrons. The van der Waals surface area contributed by atoms with Crippen LogP contribution < -0.4 is 0 Å². The molecule has 0 saturated carbocycles. The van der Waals surface area contributed by atoms with Gasteiger partial charge in [-0.25, -0.2) is 4.79 Å². The molecule has 1 aliphatic heterocycles. The molecule has 1 rings (SSSR count). The van der Waals surface area contributed by atoms with Gasteiger partial charge in [0, 0.05) is 26.0 Å². The smallest absolute Gasteiger partial charge is 0.328 e. The van der Waals surface area contributed by atoms with Crippen molar-refractivity contribution in [1.82, 2.24) is 4.90 Å². The number of methoxy groups -OCH3 is 1. The second-order valence-electron chi connectivity index (χ2n) is 3.56. The maximum Gasteiger partial charge on any atom is 0.328 e. The molecule has 1 N–H and O–H groups in total. The lowest BCUT2D eigenvalue weighted by Crippen LogP contribution is -2.45. The molecule has 0 aromatic rings. The quantitative estimate of drug-likeness (QED) is 0.659. The summed E-state index contributed by atoms with van der Waals surface area (Å²) < 4.78 is 4.79. The zero-order valence-electron chi connectivity index (χ0n) is 8.68. The number of aliphatic carboxylic acids is 1. The van der Waals surface area contributed by atoms with Crippen LogP contribution in [0.3, 0.4) is 0 Å². The topological polar surface area (TPSA) is 66.8 Å². The van der Waals surface area contributed by atoms with Gasteiger partial charge in [-0.05, 0) is 0 Å². The van der Waals surface area contributed by atoms with E-state index in [0.29, 0.717) is 13.0 Å². The average Bonchev–Trinajstić information content (AvgIpc) is 2.55. The first kappa shape index (κ1) is 11.7. The Balaban J connectivity index is 2.72. The summed E-state index contributed by atoms with van der Waals surface area (Å²) in [5.74, 6) is -1.13. The molecule has 5 nitrogen and oxygen atoms in total. The zero-order chi connectivity index (χ0) is 11.4. The number of amides is 1. The SMILES string of the molecule is C=CC1CC(=O)N([C@@H](COC)C(=O)O)C1. The van der Waals surface area contributed by atoms with Crippen molar-refractivity contribution in [2.24, 2.45) is 5.92 Å². The largest absolute Gasteiger partial charge is 0.480 e. The monoisotopic (exact) mass is 213 g/mol. The van der Waals surface area contributed by atoms with Crippen molar-refractivity contribution in [3.63, 3.8) is 0 Å². The van der Waals surface area contributed by atoms with Gasteiger partial charge in [0.2, 0.25) is 5.91 Å². The Bertz CT molecular complexity index is 277. The average molecular weight is 213 g/mol. The van der Waals surface area contributed by atoms with E-state index in [0.717, 1.165) is 0 Å². The Morgan fingerprint density at radius 1 is 1.87 bits per heavy atom. The van der Waals surface area contributed by atoms with Crippen LogP contribution in [0.1, 0.15) is 6.42 Å². The van der Waals surface area contributed by atoms with E-state index in [9.17, 15) is 9.59 Å². The molecule has 1 saturated heterocycles. The van der Waals surface area contributed by atoms with Gasteiger partial charge in [-0.2, -0.15) is 0 Å². The van der Waals surface area contributed by atoms with Crippen molar-refractivity contribution in [3.05, 3.63) is 12.7 Å². The van der Waals surface area contributed by atoms with Crippen LogP contribution in [0.4, 0.5) is 0 Å². The van der Waals surface area contributed by atoms with Gasteiger partial charge < -0.3 is 14.7 Å². The molecule has 0 aliphatic carbocycles. The van der Waals surface area contributed by atoms with Crippen molar-refractivity contribution in [3.8, 4) is 0 Å². The number of hydrogen-bond acceptors (Lipinski definition) is 3. The first-order chi connectivity index (χ1) is 7.10. The molecule has 1 unspecified atom stereocenters. The fourth-order valence-electron chi connectivity index (χ4n) is 1.67. The first-order valence-corrected chi connectivity index (χ1v) is 4.74. The number of likely N-dealkylation sites (tertiary alicyclic amines) is 1. The van der Waals surface area contributed by atoms with Crippen molar-refractivity contribution < 1.29 is 19.4 Å². The van der Waals surface area contributed by atoms with Crippen LogP contribution in [0.2, 0.25) is 0 Å². The highest BCUT2D eigenvalue weighted by Crippen LogP contribution is 2.21. The number of nitrogens with zero attached hydrogens (tertiary/aromatic N) is 1. The Hall–Kier alpha value is -1.36. The number of carbonyl (C=O) groups is 2. The second kappa shape index (κ2) is 4.93. The molecule has 2 atom stereocenters. The molecule has 0 bridgehead atoms. The van der Waals surface area contributed by atoms with Gasteiger partial charge in [-0.1, -0.05) is 6.08 Å². The van der Waals surface area contributed by atoms with Crippen molar-refractivity contribution in [2.45, 2.75) is 12.5 Å². The summed E-state index contributed by atoms with van der Waals surface area (Å²) in [6, 6.07) is -0.882. The van der Waals surface area contributed by atoms with Gasteiger partial charge in [-0.15, -0.1) is 6.58 Å². The van der Waals surface area contributed by atoms with Crippen LogP contribution >= 0.6 is 0 Å². The zero-order valence-corrected chi connectivity index (χ0v) is 8.68. The van der Waals surface area contributed by atoms with E-state index in [1.165, 1.54) is 12.0 Å². The Morgan fingerprint density at radius 2 is 2.53 bits per heavy atom. The third kappa shape index (κ3) is 2.56. The fraction of sp³-hybridized carbons (Fsp3) is 0.600. The number of carboxylic acid groups (broad SMARTS) is 1. The molecule has 1 amide bonds. The minimum Gasteiger partial charge on any atom is -0.480 e. The number of hydrogen-bond donors (Lipinski definition) is 1. The summed E-state index contributed by atoms with van der Waals surface area (Å²) >= 11 is 0. The van der Waals surface area contributed by atoms with E-state index in [1.807, 2.05) is 0 Å². The molecule has 15 heavy (non-hydrogen) atoms. The van der Waals surface area contributed by atoms with E-state index in [-0.39, 0.29) is 18.4 Å². The van der Waals surface area contributed by atoms with Gasteiger partial charge in [0.15, 0.2) is 6.04 Å². The van der Waals surface area contributed by atoms with Gasteiger partial charge in [0.1, 0.15) is 0 Å². The van der Waals surface area contributed by atoms with E-state index < -0.39 is 12.0 Å². The second-order valence-corrected chi connectivity index (χ2v) is 3.56. The molecular weight excluding hydrogens is 198 g/mol. The summed E-state index contributed by atoms with van der Waals surface area (Å²) in [5, 5.41) is 8.94. The maximum absolute atomic E-state index is 11.5. The maximum atomic E-state index is 11.5. The predicted molar refractivity (Wildman–Crippen MR) is 53.3 cm³/mol. The lowest BCUT2D eigenvalue weighted by molar-refractivity contribution is -0.150. The van der Waals surface area contributed by atoms with Crippen molar-refractivity contribution >= 4 is 11.9 Å². The van der Waals surface area contributed by atoms with Crippen LogP contribution in [-0.2, 0) is 14.3 Å². The third-order valence-electron chi connectivity index (χ3n) is 2.51. The van der Waals surface area contributed by atoms with Gasteiger partial charge in [0.25, 0.3) is 0 Å². The van der Waals surface area contributed by atoms with E-state index >= 15 is 0 Å². The molecule has 0 spiro atoms. The van der Waals surface area contributed by atoms with Crippen molar-refractivity contribution in [1.29, 1.82) is 0 Å². The molecule has 1 aliphatic rings. The molecule has 0 aromatic heterocycles. The number of ether oxygens (including phenoxy) is 1. The summed E-state index contributed by atoms with van der Waals surface area (Å²) in [6.07, 6.45) is 2.03. The predicted octanol–water partition coefficient (Wildman–Crippen LogP) is 0.120. The minimum absolute atomic E-state index is 0.0188. The number of rotatable bonds is 5. The molecule has 84 valence electrons. The van der Waals surface area contributed by atoms with Crippen LogP contribution in [0.5, 0.6) is 0 Å². The van der Waals surface area contributed by atoms with Gasteiger partial charge in [-0.3, -0.25) is 4.79 Å². The number of carbonyl (C=O) groups excluding carboxylic acids is 1. The normalized spacial score (nSPS) is 22.9. The summed E-state index contributed by atoms with van der Waals surface area (Å²) in [4.78, 5) is 23.8. The van der Waals surface area contributed by atoms with E-state index in [2.05, 4.69) is 6.58 Å². The summed E-state index contributed by atoms with van der Waals surface area (Å²) in [7, 11) is 1.42. The Labute approximate surface area is 88.3 Å². The molecule has 1 fully saturated rings. The summed E-state index contributed by atoms with van der Waals surface area (Å²) in [5.41, 5.74) is 0. The van der Waals surface area contributed by atoms with Gasteiger partial charge in [0.05, 0.1) is 6.61 Å². The van der Waals surface area contributed by atoms with E-state index in [1.54, 1.807) is 6.08 Å². The summed E-state index contributed by atoms with van der Waals surface area (Å²) in [6.45, 7) is 4.04. The lowest BCUT2D eigenvalue weighted by atomic mass is 10.1. The van der Waals surface area contributed by atoms with Crippen LogP contribution in [-0.4, -0.2) is 48.2 Å². The molecule has 5 heteroatoms. The highest BCUT2D eigenvalue weighted by molar-refractivity contribution is 5.85. The minimum atomic E-state index is -1.03. The first-order valence-electron chi connectivity index (χ1n) is 4.74. The highest BCUT2D eigenvalue weighted by Gasteiger charge is 2.36. The van der Waals surface area contributed by atoms with Crippen LogP contribution in [0.25, 0.3) is 0 Å². The lowest BCUT2D eigenvalue weighted by Gasteiger charge is -2.23. The molecule has 0 aromatic carbocycles. The number of carboxylic acids is 1. The van der Waals surface area contributed by atoms with Crippen LogP contribution in [0.15, 0.2) is 12.7 Å². The van der Waals surface area contributed by atoms with E-state index in [4.69, 9.17) is 9.84 Å². The highest BCUT2D eigenvalue weighted by atomic mass is 16.5. The standard InChI is InChI=1S/C10H15NO4/c1-3-7-4-9(12)11(5-7)8(6-15-2)10(13)14/h3,7-8H,1,4-6H2,2H3,(H,13,14)/t7?,8-/m0/s1. The molecule has 1 heterocycles. The fourth-order valence-corrected chi connectivity index (χ4v) is 1.67. The Morgan fingerprint density at radius 3 is 2.93 bits per heavy atom. The van der Waals surface area contributed by atoms with Crippen molar-refractivity contribution in [2.75, 3.05) is 20.3 Å². The van der Waals surface area contributed by atoms with Gasteiger partial charge >= 0.3 is 5.97 Å².